The van der Waals surface area contributed by atoms with Crippen molar-refractivity contribution in [3.05, 3.63) is 59.1 Å². The predicted molar refractivity (Wildman–Crippen MR) is 102 cm³/mol. The molecule has 0 radical (unpaired) electrons. The number of carbonyl (C=O) groups is 2. The number of carbonyl (C=O) groups excluding carboxylic acids is 2. The van der Waals surface area contributed by atoms with Crippen LogP contribution in [-0.2, 0) is 4.79 Å². The summed E-state index contributed by atoms with van der Waals surface area (Å²) >= 11 is 7.33. The summed E-state index contributed by atoms with van der Waals surface area (Å²) < 4.78 is 0. The maximum Gasteiger partial charge on any atom is 0.251 e. The number of nitrogens with one attached hydrogen (secondary N) is 2. The number of amides is 2. The van der Waals surface area contributed by atoms with Crippen LogP contribution >= 0.6 is 23.4 Å². The van der Waals surface area contributed by atoms with E-state index >= 15 is 0 Å². The number of anilines is 1. The molecular weight excluding hydrogens is 356 g/mol. The summed E-state index contributed by atoms with van der Waals surface area (Å²) in [7, 11) is 0. The van der Waals surface area contributed by atoms with Crippen LogP contribution < -0.4 is 10.6 Å². The molecule has 2 aromatic rings. The van der Waals surface area contributed by atoms with Crippen molar-refractivity contribution < 1.29 is 9.59 Å². The first kappa shape index (κ1) is 17.8. The van der Waals surface area contributed by atoms with Gasteiger partial charge in [-0.05, 0) is 62.2 Å². The Kier molecular flexibility index (Phi) is 5.66. The Hall–Kier alpha value is -1.98. The van der Waals surface area contributed by atoms with Gasteiger partial charge in [0.25, 0.3) is 5.91 Å². The van der Waals surface area contributed by atoms with Gasteiger partial charge in [-0.1, -0.05) is 17.7 Å². The van der Waals surface area contributed by atoms with Gasteiger partial charge in [-0.15, -0.1) is 11.8 Å². The largest absolute Gasteiger partial charge is 0.349 e. The first-order chi connectivity index (χ1) is 12.0. The summed E-state index contributed by atoms with van der Waals surface area (Å²) in [6, 6.07) is 14.7. The van der Waals surface area contributed by atoms with Crippen LogP contribution in [0.4, 0.5) is 5.69 Å². The molecule has 1 aliphatic rings. The summed E-state index contributed by atoms with van der Waals surface area (Å²) in [5.74, 6) is -0.207. The van der Waals surface area contributed by atoms with Gasteiger partial charge in [0.2, 0.25) is 5.91 Å². The highest BCUT2D eigenvalue weighted by molar-refractivity contribution is 8.00. The third-order valence-corrected chi connectivity index (χ3v) is 5.16. The van der Waals surface area contributed by atoms with Gasteiger partial charge in [0, 0.05) is 27.2 Å². The number of hydrogen-bond donors (Lipinski definition) is 2. The van der Waals surface area contributed by atoms with Gasteiger partial charge in [-0.2, -0.15) is 0 Å². The van der Waals surface area contributed by atoms with Crippen molar-refractivity contribution in [1.29, 1.82) is 0 Å². The van der Waals surface area contributed by atoms with Crippen molar-refractivity contribution in [2.45, 2.75) is 36.0 Å². The molecule has 2 amide bonds. The van der Waals surface area contributed by atoms with Gasteiger partial charge in [0.15, 0.2) is 0 Å². The van der Waals surface area contributed by atoms with E-state index in [1.807, 2.05) is 19.1 Å². The van der Waals surface area contributed by atoms with Gasteiger partial charge in [0.1, 0.15) is 0 Å². The SMILES string of the molecule is CC(Sc1ccc(Cl)cc1)C(=O)Nc1cccc(C(=O)NC2CC2)c1. The quantitative estimate of drug-likeness (QED) is 0.739. The smallest absolute Gasteiger partial charge is 0.251 e. The molecule has 130 valence electrons. The maximum absolute atomic E-state index is 12.4. The highest BCUT2D eigenvalue weighted by atomic mass is 35.5. The van der Waals surface area contributed by atoms with Crippen LogP contribution in [-0.4, -0.2) is 23.1 Å². The lowest BCUT2D eigenvalue weighted by atomic mass is 10.2. The minimum Gasteiger partial charge on any atom is -0.349 e. The van der Waals surface area contributed by atoms with Gasteiger partial charge >= 0.3 is 0 Å². The van der Waals surface area contributed by atoms with Crippen molar-refractivity contribution >= 4 is 40.9 Å². The Morgan fingerprint density at radius 1 is 1.16 bits per heavy atom. The minimum atomic E-state index is -0.273. The molecule has 1 atom stereocenters. The summed E-state index contributed by atoms with van der Waals surface area (Å²) in [5, 5.41) is 6.21. The number of halogens is 1. The number of thioether (sulfide) groups is 1. The lowest BCUT2D eigenvalue weighted by Crippen LogP contribution is -2.26. The standard InChI is InChI=1S/C19H19ClN2O2S/c1-12(25-17-9-5-14(20)6-10-17)18(23)22-16-4-2-3-13(11-16)19(24)21-15-7-8-15/h2-6,9-12,15H,7-8H2,1H3,(H,21,24)(H,22,23). The third kappa shape index (κ3) is 5.25. The first-order valence-corrected chi connectivity index (χ1v) is 9.41. The molecule has 0 aromatic heterocycles. The Morgan fingerprint density at radius 2 is 1.88 bits per heavy atom. The summed E-state index contributed by atoms with van der Waals surface area (Å²) in [5.41, 5.74) is 1.18. The minimum absolute atomic E-state index is 0.0952. The van der Waals surface area contributed by atoms with Gasteiger partial charge in [-0.3, -0.25) is 9.59 Å². The summed E-state index contributed by atoms with van der Waals surface area (Å²) in [6.07, 6.45) is 2.09. The highest BCUT2D eigenvalue weighted by Gasteiger charge is 2.24. The fraction of sp³-hybridized carbons (Fsp3) is 0.263. The van der Waals surface area contributed by atoms with E-state index in [4.69, 9.17) is 11.6 Å². The van der Waals surface area contributed by atoms with Crippen LogP contribution in [0.5, 0.6) is 0 Å². The van der Waals surface area contributed by atoms with Crippen molar-refractivity contribution in [1.82, 2.24) is 5.32 Å². The van der Waals surface area contributed by atoms with Crippen LogP contribution in [0.2, 0.25) is 5.02 Å². The van der Waals surface area contributed by atoms with E-state index in [9.17, 15) is 9.59 Å². The molecule has 0 aliphatic heterocycles. The van der Waals surface area contributed by atoms with E-state index in [-0.39, 0.29) is 17.1 Å². The van der Waals surface area contributed by atoms with Crippen molar-refractivity contribution in [2.24, 2.45) is 0 Å². The Balaban J connectivity index is 1.59. The van der Waals surface area contributed by atoms with Gasteiger partial charge in [0.05, 0.1) is 5.25 Å². The average Bonchev–Trinajstić information content (AvgIpc) is 3.41. The monoisotopic (exact) mass is 374 g/mol. The summed E-state index contributed by atoms with van der Waals surface area (Å²) in [4.78, 5) is 25.5. The topological polar surface area (TPSA) is 58.2 Å². The second kappa shape index (κ2) is 7.93. The average molecular weight is 375 g/mol. The van der Waals surface area contributed by atoms with Crippen LogP contribution in [0.1, 0.15) is 30.1 Å². The van der Waals surface area contributed by atoms with Crippen molar-refractivity contribution in [2.75, 3.05) is 5.32 Å². The highest BCUT2D eigenvalue weighted by Crippen LogP contribution is 2.26. The first-order valence-electron chi connectivity index (χ1n) is 8.15. The number of hydrogen-bond acceptors (Lipinski definition) is 3. The molecule has 0 saturated heterocycles. The summed E-state index contributed by atoms with van der Waals surface area (Å²) in [6.45, 7) is 1.85. The molecule has 2 aromatic carbocycles. The van der Waals surface area contributed by atoms with E-state index in [0.29, 0.717) is 22.3 Å². The zero-order valence-corrected chi connectivity index (χ0v) is 15.4. The molecule has 4 nitrogen and oxygen atoms in total. The zero-order chi connectivity index (χ0) is 17.8. The molecular formula is C19H19ClN2O2S. The molecule has 1 fully saturated rings. The van der Waals surface area contributed by atoms with E-state index in [2.05, 4.69) is 10.6 Å². The van der Waals surface area contributed by atoms with E-state index in [0.717, 1.165) is 17.7 Å². The second-order valence-corrected chi connectivity index (χ2v) is 7.88. The van der Waals surface area contributed by atoms with Crippen LogP contribution in [0.15, 0.2) is 53.4 Å². The van der Waals surface area contributed by atoms with Crippen molar-refractivity contribution in [3.8, 4) is 0 Å². The zero-order valence-electron chi connectivity index (χ0n) is 13.8. The fourth-order valence-electron chi connectivity index (χ4n) is 2.25. The number of benzene rings is 2. The predicted octanol–water partition coefficient (Wildman–Crippen LogP) is 4.35. The van der Waals surface area contributed by atoms with Gasteiger partial charge < -0.3 is 10.6 Å². The van der Waals surface area contributed by atoms with Crippen LogP contribution in [0, 0.1) is 0 Å². The van der Waals surface area contributed by atoms with Crippen LogP contribution in [0.25, 0.3) is 0 Å². The van der Waals surface area contributed by atoms with Crippen LogP contribution in [0.3, 0.4) is 0 Å². The Bertz CT molecular complexity index is 775. The van der Waals surface area contributed by atoms with E-state index < -0.39 is 0 Å². The molecule has 0 heterocycles. The van der Waals surface area contributed by atoms with E-state index in [1.165, 1.54) is 11.8 Å². The lowest BCUT2D eigenvalue weighted by Gasteiger charge is -2.13. The van der Waals surface area contributed by atoms with Crippen molar-refractivity contribution in [3.63, 3.8) is 0 Å². The van der Waals surface area contributed by atoms with E-state index in [1.54, 1.807) is 36.4 Å². The number of rotatable bonds is 6. The molecule has 1 aliphatic carbocycles. The normalized spacial score (nSPS) is 14.6. The third-order valence-electron chi connectivity index (χ3n) is 3.80. The molecule has 25 heavy (non-hydrogen) atoms. The fourth-order valence-corrected chi connectivity index (χ4v) is 3.24. The molecule has 0 bridgehead atoms. The van der Waals surface area contributed by atoms with Gasteiger partial charge in [-0.25, -0.2) is 0 Å². The maximum atomic E-state index is 12.4. The Morgan fingerprint density at radius 3 is 2.56 bits per heavy atom. The molecule has 6 heteroatoms. The molecule has 3 rings (SSSR count). The molecule has 1 saturated carbocycles. The molecule has 2 N–H and O–H groups in total. The molecule has 0 spiro atoms. The molecule has 1 unspecified atom stereocenters. The Labute approximate surface area is 156 Å². The second-order valence-electron chi connectivity index (χ2n) is 6.03. The lowest BCUT2D eigenvalue weighted by molar-refractivity contribution is -0.115.